The van der Waals surface area contributed by atoms with Crippen LogP contribution in [0.3, 0.4) is 0 Å². The number of thiazole rings is 1. The number of pyridine rings is 1. The van der Waals surface area contributed by atoms with Crippen LogP contribution in [0.4, 0.5) is 5.13 Å². The molecule has 4 rings (SSSR count). The Bertz CT molecular complexity index is 1080. The first kappa shape index (κ1) is 15.5. The number of aromatic nitrogens is 3. The first-order valence-corrected chi connectivity index (χ1v) is 8.76. The van der Waals surface area contributed by atoms with E-state index < -0.39 is 0 Å². The molecule has 1 amide bonds. The van der Waals surface area contributed by atoms with Crippen LogP contribution in [-0.2, 0) is 0 Å². The summed E-state index contributed by atoms with van der Waals surface area (Å²) in [6.07, 6.45) is 5.54. The van der Waals surface area contributed by atoms with E-state index in [0.29, 0.717) is 16.3 Å². The van der Waals surface area contributed by atoms with Gasteiger partial charge in [-0.3, -0.25) is 10.1 Å². The second kappa shape index (κ2) is 6.14. The van der Waals surface area contributed by atoms with Gasteiger partial charge in [0.05, 0.1) is 11.3 Å². The summed E-state index contributed by atoms with van der Waals surface area (Å²) in [6.45, 7) is 3.96. The Hall–Kier alpha value is -2.99. The van der Waals surface area contributed by atoms with Crippen molar-refractivity contribution in [1.29, 1.82) is 0 Å². The van der Waals surface area contributed by atoms with Crippen molar-refractivity contribution in [3.05, 3.63) is 71.1 Å². The molecular formula is C19H16N4OS. The van der Waals surface area contributed by atoms with Crippen molar-refractivity contribution < 1.29 is 4.79 Å². The number of carbonyl (C=O) groups is 1. The fraction of sp³-hybridized carbons (Fsp3) is 0.105. The van der Waals surface area contributed by atoms with Crippen molar-refractivity contribution >= 4 is 28.0 Å². The zero-order valence-corrected chi connectivity index (χ0v) is 14.7. The molecule has 4 aromatic rings. The average molecular weight is 348 g/mol. The molecule has 5 nitrogen and oxygen atoms in total. The highest BCUT2D eigenvalue weighted by atomic mass is 32.1. The molecule has 0 radical (unpaired) electrons. The third-order valence-corrected chi connectivity index (χ3v) is 4.90. The number of nitrogens with zero attached hydrogens (tertiary/aromatic N) is 3. The summed E-state index contributed by atoms with van der Waals surface area (Å²) < 4.78 is 1.88. The van der Waals surface area contributed by atoms with Crippen molar-refractivity contribution in [2.45, 2.75) is 13.8 Å². The molecule has 1 aromatic carbocycles. The zero-order chi connectivity index (χ0) is 17.4. The van der Waals surface area contributed by atoms with E-state index in [0.717, 1.165) is 22.4 Å². The van der Waals surface area contributed by atoms with Crippen molar-refractivity contribution in [2.75, 3.05) is 5.32 Å². The number of hydrogen-bond donors (Lipinski definition) is 1. The number of rotatable bonds is 3. The predicted molar refractivity (Wildman–Crippen MR) is 100 cm³/mol. The van der Waals surface area contributed by atoms with Gasteiger partial charge in [-0.15, -0.1) is 11.3 Å². The first-order valence-electron chi connectivity index (χ1n) is 7.88. The Morgan fingerprint density at radius 1 is 1.24 bits per heavy atom. The van der Waals surface area contributed by atoms with E-state index in [1.54, 1.807) is 6.20 Å². The first-order chi connectivity index (χ1) is 12.1. The monoisotopic (exact) mass is 348 g/mol. The Kier molecular flexibility index (Phi) is 3.82. The SMILES string of the molecule is Cc1csc(NC(=O)c2cc(-c3ccccc3C)cn3ccnc23)n1. The van der Waals surface area contributed by atoms with Gasteiger partial charge in [0.25, 0.3) is 5.91 Å². The van der Waals surface area contributed by atoms with E-state index in [1.807, 2.05) is 47.3 Å². The van der Waals surface area contributed by atoms with E-state index >= 15 is 0 Å². The Morgan fingerprint density at radius 3 is 2.84 bits per heavy atom. The lowest BCUT2D eigenvalue weighted by Crippen LogP contribution is -2.13. The van der Waals surface area contributed by atoms with Gasteiger partial charge in [-0.1, -0.05) is 24.3 Å². The summed E-state index contributed by atoms with van der Waals surface area (Å²) in [7, 11) is 0. The topological polar surface area (TPSA) is 59.3 Å². The highest BCUT2D eigenvalue weighted by Crippen LogP contribution is 2.26. The molecule has 3 heterocycles. The lowest BCUT2D eigenvalue weighted by atomic mass is 10.0. The maximum Gasteiger partial charge on any atom is 0.261 e. The van der Waals surface area contributed by atoms with Crippen molar-refractivity contribution in [3.63, 3.8) is 0 Å². The summed E-state index contributed by atoms with van der Waals surface area (Å²) in [6, 6.07) is 10.0. The molecule has 0 saturated carbocycles. The van der Waals surface area contributed by atoms with Gasteiger partial charge in [-0.05, 0) is 36.6 Å². The minimum atomic E-state index is -0.207. The van der Waals surface area contributed by atoms with Gasteiger partial charge in [-0.25, -0.2) is 9.97 Å². The van der Waals surface area contributed by atoms with Gasteiger partial charge in [0.1, 0.15) is 5.65 Å². The Labute approximate surface area is 149 Å². The molecule has 0 bridgehead atoms. The van der Waals surface area contributed by atoms with Crippen LogP contribution in [0.2, 0.25) is 0 Å². The molecule has 3 aromatic heterocycles. The highest BCUT2D eigenvalue weighted by Gasteiger charge is 2.16. The number of anilines is 1. The Balaban J connectivity index is 1.81. The van der Waals surface area contributed by atoms with E-state index in [-0.39, 0.29) is 5.91 Å². The molecule has 0 aliphatic carbocycles. The second-order valence-corrected chi connectivity index (χ2v) is 6.72. The van der Waals surface area contributed by atoms with Crippen LogP contribution < -0.4 is 5.32 Å². The quantitative estimate of drug-likeness (QED) is 0.599. The number of imidazole rings is 1. The lowest BCUT2D eigenvalue weighted by Gasteiger charge is -2.10. The molecule has 0 saturated heterocycles. The lowest BCUT2D eigenvalue weighted by molar-refractivity contribution is 0.102. The van der Waals surface area contributed by atoms with E-state index in [1.165, 1.54) is 11.3 Å². The van der Waals surface area contributed by atoms with Gasteiger partial charge >= 0.3 is 0 Å². The van der Waals surface area contributed by atoms with E-state index in [2.05, 4.69) is 34.3 Å². The molecule has 0 aliphatic heterocycles. The maximum absolute atomic E-state index is 12.8. The second-order valence-electron chi connectivity index (χ2n) is 5.86. The maximum atomic E-state index is 12.8. The summed E-state index contributed by atoms with van der Waals surface area (Å²) in [5.41, 5.74) is 5.27. The molecule has 25 heavy (non-hydrogen) atoms. The average Bonchev–Trinajstić information content (AvgIpc) is 3.23. The number of hydrogen-bond acceptors (Lipinski definition) is 4. The number of carbonyl (C=O) groups excluding carboxylic acids is 1. The van der Waals surface area contributed by atoms with Crippen molar-refractivity contribution in [3.8, 4) is 11.1 Å². The number of fused-ring (bicyclic) bond motifs is 1. The minimum Gasteiger partial charge on any atom is -0.306 e. The number of benzene rings is 1. The molecule has 0 unspecified atom stereocenters. The molecule has 0 fully saturated rings. The number of amides is 1. The van der Waals surface area contributed by atoms with Gasteiger partial charge in [0, 0.05) is 24.0 Å². The summed E-state index contributed by atoms with van der Waals surface area (Å²) in [5, 5.41) is 5.37. The fourth-order valence-corrected chi connectivity index (χ4v) is 3.50. The standard InChI is InChI=1S/C19H16N4OS/c1-12-5-3-4-6-15(12)14-9-16(17-20-7-8-23(17)10-14)18(24)22-19-21-13(2)11-25-19/h3-11H,1-2H3,(H,21,22,24). The molecule has 0 atom stereocenters. The molecule has 1 N–H and O–H groups in total. The molecular weight excluding hydrogens is 332 g/mol. The van der Waals surface area contributed by atoms with Crippen LogP contribution in [0.15, 0.2) is 54.3 Å². The highest BCUT2D eigenvalue weighted by molar-refractivity contribution is 7.13. The zero-order valence-electron chi connectivity index (χ0n) is 13.9. The Morgan fingerprint density at radius 2 is 2.08 bits per heavy atom. The summed E-state index contributed by atoms with van der Waals surface area (Å²) in [4.78, 5) is 21.4. The number of nitrogens with one attached hydrogen (secondary N) is 1. The van der Waals surface area contributed by atoms with Crippen LogP contribution in [0, 0.1) is 13.8 Å². The van der Waals surface area contributed by atoms with Crippen molar-refractivity contribution in [2.24, 2.45) is 0 Å². The van der Waals surface area contributed by atoms with E-state index in [9.17, 15) is 4.79 Å². The van der Waals surface area contributed by atoms with E-state index in [4.69, 9.17) is 0 Å². The van der Waals surface area contributed by atoms with Crippen LogP contribution in [0.5, 0.6) is 0 Å². The molecule has 124 valence electrons. The van der Waals surface area contributed by atoms with Crippen LogP contribution in [0.25, 0.3) is 16.8 Å². The molecule has 6 heteroatoms. The fourth-order valence-electron chi connectivity index (χ4n) is 2.82. The number of aryl methyl sites for hydroxylation is 2. The molecule has 0 aliphatic rings. The van der Waals surface area contributed by atoms with Gasteiger partial charge in [-0.2, -0.15) is 0 Å². The van der Waals surface area contributed by atoms with Crippen LogP contribution >= 0.6 is 11.3 Å². The largest absolute Gasteiger partial charge is 0.306 e. The third-order valence-electron chi connectivity index (χ3n) is 4.03. The minimum absolute atomic E-state index is 0.207. The predicted octanol–water partition coefficient (Wildman–Crippen LogP) is 4.33. The van der Waals surface area contributed by atoms with Gasteiger partial charge < -0.3 is 4.40 Å². The summed E-state index contributed by atoms with van der Waals surface area (Å²) in [5.74, 6) is -0.207. The van der Waals surface area contributed by atoms with Crippen LogP contribution in [-0.4, -0.2) is 20.3 Å². The summed E-state index contributed by atoms with van der Waals surface area (Å²) >= 11 is 1.41. The normalized spacial score (nSPS) is 11.0. The van der Waals surface area contributed by atoms with Crippen molar-refractivity contribution in [1.82, 2.24) is 14.4 Å². The van der Waals surface area contributed by atoms with Gasteiger partial charge in [0.2, 0.25) is 0 Å². The van der Waals surface area contributed by atoms with Crippen LogP contribution in [0.1, 0.15) is 21.6 Å². The van der Waals surface area contributed by atoms with Gasteiger partial charge in [0.15, 0.2) is 5.13 Å². The molecule has 0 spiro atoms. The third kappa shape index (κ3) is 2.92. The smallest absolute Gasteiger partial charge is 0.261 e.